The molecule has 1 saturated heterocycles. The van der Waals surface area contributed by atoms with E-state index in [1.165, 1.54) is 0 Å². The van der Waals surface area contributed by atoms with Gasteiger partial charge in [0.1, 0.15) is 11.4 Å². The third kappa shape index (κ3) is 5.24. The summed E-state index contributed by atoms with van der Waals surface area (Å²) in [7, 11) is 0. The van der Waals surface area contributed by atoms with Crippen LogP contribution < -0.4 is 21.0 Å². The van der Waals surface area contributed by atoms with Gasteiger partial charge < -0.3 is 24.7 Å². The van der Waals surface area contributed by atoms with Gasteiger partial charge in [-0.05, 0) is 63.3 Å². The maximum Gasteiger partial charge on any atom is 0.408 e. The van der Waals surface area contributed by atoms with Crippen molar-refractivity contribution < 1.29 is 18.7 Å². The molecule has 0 spiro atoms. The SMILES string of the molecule is CC(C)(C)OC(=O)NC1(c2ccc(-c3c(-c4ccccc4)oc4c(N5CCNC(=O)C5)cccc4c3=O)cc2)CCC1. The monoisotopic (exact) mass is 565 g/mol. The topological polar surface area (TPSA) is 101 Å². The minimum absolute atomic E-state index is 0.0639. The maximum absolute atomic E-state index is 14.2. The number of hydrogen-bond acceptors (Lipinski definition) is 6. The van der Waals surface area contributed by atoms with Crippen LogP contribution in [0.3, 0.4) is 0 Å². The van der Waals surface area contributed by atoms with Crippen LogP contribution in [0.1, 0.15) is 45.6 Å². The fourth-order valence-electron chi connectivity index (χ4n) is 5.82. The van der Waals surface area contributed by atoms with Gasteiger partial charge in [0.15, 0.2) is 5.58 Å². The largest absolute Gasteiger partial charge is 0.453 e. The molecular formula is C34H35N3O5. The van der Waals surface area contributed by atoms with E-state index in [0.717, 1.165) is 41.6 Å². The number of nitrogens with one attached hydrogen (secondary N) is 2. The van der Waals surface area contributed by atoms with E-state index in [9.17, 15) is 14.4 Å². The first-order valence-corrected chi connectivity index (χ1v) is 14.4. The van der Waals surface area contributed by atoms with Crippen molar-refractivity contribution in [3.05, 3.63) is 88.6 Å². The second kappa shape index (κ2) is 10.7. The number of ether oxygens (including phenoxy) is 1. The van der Waals surface area contributed by atoms with Crippen LogP contribution in [0.5, 0.6) is 0 Å². The Morgan fingerprint density at radius 1 is 0.952 bits per heavy atom. The Morgan fingerprint density at radius 2 is 1.69 bits per heavy atom. The van der Waals surface area contributed by atoms with Crippen molar-refractivity contribution in [1.82, 2.24) is 10.6 Å². The van der Waals surface area contributed by atoms with Crippen LogP contribution in [0.25, 0.3) is 33.4 Å². The molecule has 0 radical (unpaired) electrons. The summed E-state index contributed by atoms with van der Waals surface area (Å²) < 4.78 is 12.2. The van der Waals surface area contributed by atoms with Crippen LogP contribution in [0.2, 0.25) is 0 Å². The minimum Gasteiger partial charge on any atom is -0.453 e. The summed E-state index contributed by atoms with van der Waals surface area (Å²) in [5, 5.41) is 6.41. The highest BCUT2D eigenvalue weighted by molar-refractivity contribution is 5.96. The lowest BCUT2D eigenvalue weighted by molar-refractivity contribution is -0.120. The van der Waals surface area contributed by atoms with E-state index < -0.39 is 17.2 Å². The molecule has 2 fully saturated rings. The molecule has 4 aromatic rings. The molecule has 3 aromatic carbocycles. The number of para-hydroxylation sites is 1. The van der Waals surface area contributed by atoms with Crippen molar-refractivity contribution >= 4 is 28.7 Å². The number of alkyl carbamates (subject to hydrolysis) is 1. The lowest BCUT2D eigenvalue weighted by Gasteiger charge is -2.43. The van der Waals surface area contributed by atoms with E-state index in [0.29, 0.717) is 35.4 Å². The van der Waals surface area contributed by atoms with Crippen molar-refractivity contribution in [1.29, 1.82) is 0 Å². The molecule has 8 nitrogen and oxygen atoms in total. The Hall–Kier alpha value is -4.59. The molecule has 1 aromatic heterocycles. The Labute approximate surface area is 244 Å². The first-order chi connectivity index (χ1) is 20.1. The van der Waals surface area contributed by atoms with Gasteiger partial charge in [-0.1, -0.05) is 60.7 Å². The molecule has 1 aliphatic carbocycles. The molecule has 1 saturated carbocycles. The molecule has 2 amide bonds. The highest BCUT2D eigenvalue weighted by Crippen LogP contribution is 2.43. The highest BCUT2D eigenvalue weighted by Gasteiger charge is 2.41. The van der Waals surface area contributed by atoms with E-state index in [1.807, 2.05) is 92.4 Å². The second-order valence-corrected chi connectivity index (χ2v) is 12.1. The average molecular weight is 566 g/mol. The van der Waals surface area contributed by atoms with Gasteiger partial charge in [0.2, 0.25) is 11.3 Å². The normalized spacial score (nSPS) is 16.5. The molecule has 216 valence electrons. The van der Waals surface area contributed by atoms with Crippen molar-refractivity contribution in [2.45, 2.75) is 51.2 Å². The summed E-state index contributed by atoms with van der Waals surface area (Å²) in [4.78, 5) is 41.0. The summed E-state index contributed by atoms with van der Waals surface area (Å²) >= 11 is 0. The van der Waals surface area contributed by atoms with Gasteiger partial charge in [0.25, 0.3) is 0 Å². The van der Waals surface area contributed by atoms with Gasteiger partial charge in [-0.3, -0.25) is 9.59 Å². The number of carbonyl (C=O) groups excluding carboxylic acids is 2. The maximum atomic E-state index is 14.2. The molecular weight excluding hydrogens is 530 g/mol. The fourth-order valence-corrected chi connectivity index (χ4v) is 5.82. The number of piperazine rings is 1. The molecule has 0 unspecified atom stereocenters. The van der Waals surface area contributed by atoms with E-state index in [2.05, 4.69) is 10.6 Å². The smallest absolute Gasteiger partial charge is 0.408 e. The van der Waals surface area contributed by atoms with Gasteiger partial charge in [-0.2, -0.15) is 0 Å². The van der Waals surface area contributed by atoms with Crippen LogP contribution in [-0.2, 0) is 15.1 Å². The summed E-state index contributed by atoms with van der Waals surface area (Å²) in [6, 6.07) is 22.9. The van der Waals surface area contributed by atoms with Crippen LogP contribution in [0.15, 0.2) is 82.0 Å². The molecule has 6 rings (SSSR count). The second-order valence-electron chi connectivity index (χ2n) is 12.1. The van der Waals surface area contributed by atoms with Gasteiger partial charge in [-0.25, -0.2) is 4.79 Å². The predicted molar refractivity (Wildman–Crippen MR) is 163 cm³/mol. The first kappa shape index (κ1) is 27.6. The van der Waals surface area contributed by atoms with E-state index >= 15 is 0 Å². The molecule has 2 N–H and O–H groups in total. The summed E-state index contributed by atoms with van der Waals surface area (Å²) in [5.74, 6) is 0.408. The number of fused-ring (bicyclic) bond motifs is 1. The quantitative estimate of drug-likeness (QED) is 0.309. The molecule has 8 heteroatoms. The molecule has 2 aliphatic rings. The van der Waals surface area contributed by atoms with E-state index in [1.54, 1.807) is 6.07 Å². The minimum atomic E-state index is -0.586. The van der Waals surface area contributed by atoms with Crippen molar-refractivity contribution in [3.8, 4) is 22.5 Å². The van der Waals surface area contributed by atoms with Gasteiger partial charge in [0, 0.05) is 18.7 Å². The predicted octanol–water partition coefficient (Wildman–Crippen LogP) is 5.97. The lowest BCUT2D eigenvalue weighted by atomic mass is 9.71. The summed E-state index contributed by atoms with van der Waals surface area (Å²) in [6.07, 6.45) is 2.20. The third-order valence-corrected chi connectivity index (χ3v) is 7.99. The summed E-state index contributed by atoms with van der Waals surface area (Å²) in [5.41, 5.74) is 2.91. The van der Waals surface area contributed by atoms with Crippen LogP contribution in [0, 0.1) is 0 Å². The first-order valence-electron chi connectivity index (χ1n) is 14.4. The zero-order chi connectivity index (χ0) is 29.5. The molecule has 1 aliphatic heterocycles. The van der Waals surface area contributed by atoms with Gasteiger partial charge >= 0.3 is 6.09 Å². The number of amides is 2. The fraction of sp³-hybridized carbons (Fsp3) is 0.324. The van der Waals surface area contributed by atoms with Gasteiger partial charge in [0.05, 0.1) is 28.7 Å². The van der Waals surface area contributed by atoms with Crippen LogP contribution >= 0.6 is 0 Å². The van der Waals surface area contributed by atoms with Crippen molar-refractivity contribution in [3.63, 3.8) is 0 Å². The van der Waals surface area contributed by atoms with E-state index in [-0.39, 0.29) is 17.9 Å². The Kier molecular flexibility index (Phi) is 7.01. The molecule has 0 bridgehead atoms. The van der Waals surface area contributed by atoms with E-state index in [4.69, 9.17) is 9.15 Å². The number of hydrogen-bond donors (Lipinski definition) is 2. The number of rotatable bonds is 5. The highest BCUT2D eigenvalue weighted by atomic mass is 16.6. The number of anilines is 1. The van der Waals surface area contributed by atoms with Crippen LogP contribution in [-0.4, -0.2) is 37.2 Å². The molecule has 2 heterocycles. The zero-order valence-electron chi connectivity index (χ0n) is 24.2. The number of nitrogens with zero attached hydrogens (tertiary/aromatic N) is 1. The van der Waals surface area contributed by atoms with Crippen molar-refractivity contribution in [2.24, 2.45) is 0 Å². The summed E-state index contributed by atoms with van der Waals surface area (Å²) in [6.45, 7) is 6.89. The lowest BCUT2D eigenvalue weighted by Crippen LogP contribution is -2.52. The average Bonchev–Trinajstić information content (AvgIpc) is 2.94. The Morgan fingerprint density at radius 3 is 2.33 bits per heavy atom. The Bertz CT molecular complexity index is 1700. The molecule has 0 atom stereocenters. The third-order valence-electron chi connectivity index (χ3n) is 7.99. The van der Waals surface area contributed by atoms with Crippen molar-refractivity contribution in [2.75, 3.05) is 24.5 Å². The van der Waals surface area contributed by atoms with Gasteiger partial charge in [-0.15, -0.1) is 0 Å². The standard InChI is InChI=1S/C34H35N3O5/c1-33(2,3)42-32(40)36-34(17-8-18-34)24-15-13-22(14-16-24)28-29(39)25-11-7-12-26(37-20-19-35-27(38)21-37)31(25)41-30(28)23-9-5-4-6-10-23/h4-7,9-16H,8,17-21H2,1-3H3,(H,35,38)(H,36,40). The Balaban J connectivity index is 1.44. The zero-order valence-corrected chi connectivity index (χ0v) is 24.2. The number of carbonyl (C=O) groups is 2. The number of benzene rings is 3. The van der Waals surface area contributed by atoms with Crippen LogP contribution in [0.4, 0.5) is 10.5 Å². The molecule has 42 heavy (non-hydrogen) atoms.